The van der Waals surface area contributed by atoms with Crippen molar-refractivity contribution >= 4 is 5.57 Å². The third-order valence-corrected chi connectivity index (χ3v) is 4.76. The largest absolute Gasteiger partial charge is 0.0946 e. The van der Waals surface area contributed by atoms with Crippen LogP contribution in [0.5, 0.6) is 0 Å². The molecule has 0 saturated heterocycles. The summed E-state index contributed by atoms with van der Waals surface area (Å²) in [7, 11) is 0. The summed E-state index contributed by atoms with van der Waals surface area (Å²) in [4.78, 5) is 0. The molecule has 0 amide bonds. The molecule has 0 aromatic heterocycles. The molecule has 0 heteroatoms. The first kappa shape index (κ1) is 22.2. The van der Waals surface area contributed by atoms with Crippen LogP contribution < -0.4 is 0 Å². The van der Waals surface area contributed by atoms with Crippen molar-refractivity contribution in [3.05, 3.63) is 76.9 Å². The predicted molar refractivity (Wildman–Crippen MR) is 119 cm³/mol. The summed E-state index contributed by atoms with van der Waals surface area (Å²) >= 11 is 0. The highest BCUT2D eigenvalue weighted by Crippen LogP contribution is 2.39. The van der Waals surface area contributed by atoms with Gasteiger partial charge < -0.3 is 0 Å². The Morgan fingerprint density at radius 3 is 2.15 bits per heavy atom. The SMILES string of the molecule is C=C1c2ccc(CC)cc2CCCC1c1ccc(C)cc1.CC.CCC. The maximum atomic E-state index is 4.45. The Labute approximate surface area is 162 Å². The standard InChI is InChI=1S/C21H24.C3H8.C2H6/c1-4-17-10-13-21-16(3)20(7-5-6-19(21)14-17)18-11-8-15(2)9-12-18;1-3-2;1-2/h8-14,20H,3-7H2,1-2H3;3H2,1-2H3;1-2H3. The van der Waals surface area contributed by atoms with E-state index < -0.39 is 0 Å². The third-order valence-electron chi connectivity index (χ3n) is 4.76. The lowest BCUT2D eigenvalue weighted by molar-refractivity contribution is 0.702. The van der Waals surface area contributed by atoms with E-state index in [1.54, 1.807) is 0 Å². The van der Waals surface area contributed by atoms with Crippen molar-refractivity contribution in [2.24, 2.45) is 0 Å². The van der Waals surface area contributed by atoms with E-state index in [2.05, 4.69) is 76.7 Å². The Morgan fingerprint density at radius 1 is 0.962 bits per heavy atom. The van der Waals surface area contributed by atoms with Gasteiger partial charge >= 0.3 is 0 Å². The molecule has 0 aliphatic heterocycles. The number of hydrogen-bond acceptors (Lipinski definition) is 0. The summed E-state index contributed by atoms with van der Waals surface area (Å²) in [5.41, 5.74) is 8.36. The molecule has 3 rings (SSSR count). The topological polar surface area (TPSA) is 0 Å². The molecule has 1 unspecified atom stereocenters. The molecular formula is C26H38. The minimum Gasteiger partial charge on any atom is -0.0946 e. The second-order valence-electron chi connectivity index (χ2n) is 6.93. The van der Waals surface area contributed by atoms with Crippen LogP contribution in [0, 0.1) is 6.92 Å². The van der Waals surface area contributed by atoms with Gasteiger partial charge in [-0.2, -0.15) is 0 Å². The first-order chi connectivity index (χ1) is 12.6. The smallest absolute Gasteiger partial charge is 0.00896 e. The Kier molecular flexibility index (Phi) is 10.0. The van der Waals surface area contributed by atoms with Crippen molar-refractivity contribution in [3.8, 4) is 0 Å². The van der Waals surface area contributed by atoms with Crippen LogP contribution in [0.25, 0.3) is 5.57 Å². The van der Waals surface area contributed by atoms with Gasteiger partial charge in [0.1, 0.15) is 0 Å². The van der Waals surface area contributed by atoms with Crippen LogP contribution in [0.3, 0.4) is 0 Å². The van der Waals surface area contributed by atoms with Crippen molar-refractivity contribution < 1.29 is 0 Å². The van der Waals surface area contributed by atoms with Gasteiger partial charge in [-0.25, -0.2) is 0 Å². The van der Waals surface area contributed by atoms with Gasteiger partial charge in [0.15, 0.2) is 0 Å². The fourth-order valence-electron chi connectivity index (χ4n) is 3.41. The molecule has 0 radical (unpaired) electrons. The highest BCUT2D eigenvalue weighted by atomic mass is 14.3. The minimum absolute atomic E-state index is 0.472. The van der Waals surface area contributed by atoms with Gasteiger partial charge in [-0.15, -0.1) is 0 Å². The Bertz CT molecular complexity index is 661. The fourth-order valence-corrected chi connectivity index (χ4v) is 3.41. The third kappa shape index (κ3) is 5.87. The van der Waals surface area contributed by atoms with Gasteiger partial charge in [-0.05, 0) is 60.4 Å². The van der Waals surface area contributed by atoms with Crippen molar-refractivity contribution in [2.75, 3.05) is 0 Å². The van der Waals surface area contributed by atoms with Crippen LogP contribution in [0.1, 0.15) is 87.6 Å². The fraction of sp³-hybridized carbons (Fsp3) is 0.462. The summed E-state index contributed by atoms with van der Waals surface area (Å²) < 4.78 is 0. The Morgan fingerprint density at radius 2 is 1.58 bits per heavy atom. The second-order valence-corrected chi connectivity index (χ2v) is 6.93. The van der Waals surface area contributed by atoms with E-state index in [1.165, 1.54) is 59.1 Å². The molecular weight excluding hydrogens is 312 g/mol. The number of benzene rings is 2. The van der Waals surface area contributed by atoms with E-state index in [0.29, 0.717) is 5.92 Å². The molecule has 0 saturated carbocycles. The lowest BCUT2D eigenvalue weighted by Crippen LogP contribution is -2.00. The zero-order valence-corrected chi connectivity index (χ0v) is 17.9. The van der Waals surface area contributed by atoms with Gasteiger partial charge in [0.05, 0.1) is 0 Å². The minimum atomic E-state index is 0.472. The Hall–Kier alpha value is -1.82. The number of allylic oxidation sites excluding steroid dienone is 1. The molecule has 0 fully saturated rings. The van der Waals surface area contributed by atoms with Gasteiger partial charge in [0, 0.05) is 5.92 Å². The lowest BCUT2D eigenvalue weighted by atomic mass is 9.85. The predicted octanol–water partition coefficient (Wildman–Crippen LogP) is 8.13. The molecule has 1 aliphatic rings. The van der Waals surface area contributed by atoms with Crippen molar-refractivity contribution in [3.63, 3.8) is 0 Å². The first-order valence-corrected chi connectivity index (χ1v) is 10.5. The molecule has 0 nitrogen and oxygen atoms in total. The van der Waals surface area contributed by atoms with Crippen LogP contribution in [0.4, 0.5) is 0 Å². The first-order valence-electron chi connectivity index (χ1n) is 10.5. The molecule has 26 heavy (non-hydrogen) atoms. The van der Waals surface area contributed by atoms with E-state index in [-0.39, 0.29) is 0 Å². The molecule has 0 N–H and O–H groups in total. The maximum Gasteiger partial charge on any atom is 0.00896 e. The molecule has 0 bridgehead atoms. The molecule has 0 spiro atoms. The molecule has 2 aromatic carbocycles. The molecule has 0 heterocycles. The monoisotopic (exact) mass is 350 g/mol. The lowest BCUT2D eigenvalue weighted by Gasteiger charge is -2.19. The summed E-state index contributed by atoms with van der Waals surface area (Å²) in [5, 5.41) is 0. The van der Waals surface area contributed by atoms with Crippen LogP contribution in [-0.2, 0) is 12.8 Å². The Balaban J connectivity index is 0.000000615. The van der Waals surface area contributed by atoms with Gasteiger partial charge in [-0.3, -0.25) is 0 Å². The number of rotatable bonds is 2. The summed E-state index contributed by atoms with van der Waals surface area (Å²) in [5.74, 6) is 0.472. The molecule has 2 aromatic rings. The maximum absolute atomic E-state index is 4.45. The van der Waals surface area contributed by atoms with E-state index in [9.17, 15) is 0 Å². The van der Waals surface area contributed by atoms with E-state index in [4.69, 9.17) is 0 Å². The molecule has 1 aliphatic carbocycles. The van der Waals surface area contributed by atoms with Gasteiger partial charge in [0.2, 0.25) is 0 Å². The van der Waals surface area contributed by atoms with Crippen molar-refractivity contribution in [1.29, 1.82) is 0 Å². The summed E-state index contributed by atoms with van der Waals surface area (Å²) in [6.07, 6.45) is 6.00. The van der Waals surface area contributed by atoms with Crippen LogP contribution >= 0.6 is 0 Å². The van der Waals surface area contributed by atoms with Crippen molar-refractivity contribution in [1.82, 2.24) is 0 Å². The van der Waals surface area contributed by atoms with Gasteiger partial charge in [0.25, 0.3) is 0 Å². The average molecular weight is 351 g/mol. The van der Waals surface area contributed by atoms with Gasteiger partial charge in [-0.1, -0.05) is 95.6 Å². The van der Waals surface area contributed by atoms with E-state index in [1.807, 2.05) is 13.8 Å². The summed E-state index contributed by atoms with van der Waals surface area (Å²) in [6.45, 7) is 17.1. The highest BCUT2D eigenvalue weighted by molar-refractivity contribution is 5.73. The van der Waals surface area contributed by atoms with E-state index >= 15 is 0 Å². The summed E-state index contributed by atoms with van der Waals surface area (Å²) in [6, 6.07) is 15.9. The number of fused-ring (bicyclic) bond motifs is 1. The number of hydrogen-bond donors (Lipinski definition) is 0. The quantitative estimate of drug-likeness (QED) is 0.479. The van der Waals surface area contributed by atoms with Crippen LogP contribution in [-0.4, -0.2) is 0 Å². The number of aryl methyl sites for hydroxylation is 3. The van der Waals surface area contributed by atoms with Crippen LogP contribution in [0.2, 0.25) is 0 Å². The second kappa shape index (κ2) is 11.7. The zero-order valence-electron chi connectivity index (χ0n) is 17.9. The van der Waals surface area contributed by atoms with E-state index in [0.717, 1.165) is 6.42 Å². The molecule has 142 valence electrons. The van der Waals surface area contributed by atoms with Crippen molar-refractivity contribution in [2.45, 2.75) is 79.6 Å². The highest BCUT2D eigenvalue weighted by Gasteiger charge is 2.22. The normalized spacial score (nSPS) is 15.6. The average Bonchev–Trinajstić information content (AvgIpc) is 2.83. The zero-order chi connectivity index (χ0) is 19.5. The molecule has 1 atom stereocenters. The van der Waals surface area contributed by atoms with Crippen LogP contribution in [0.15, 0.2) is 49.0 Å².